The van der Waals surface area contributed by atoms with E-state index in [9.17, 15) is 19.5 Å². The Bertz CT molecular complexity index is 707. The fraction of sp³-hybridized carbons (Fsp3) is 0.500. The number of carboxylic acids is 1. The number of aliphatic carboxylic acids is 1. The fourth-order valence-corrected chi connectivity index (χ4v) is 2.75. The fourth-order valence-electron chi connectivity index (χ4n) is 2.75. The summed E-state index contributed by atoms with van der Waals surface area (Å²) in [5, 5.41) is 18.0. The van der Waals surface area contributed by atoms with Crippen LogP contribution < -0.4 is 0 Å². The lowest BCUT2D eigenvalue weighted by molar-refractivity contribution is -0.170. The second-order valence-electron chi connectivity index (χ2n) is 6.76. The summed E-state index contributed by atoms with van der Waals surface area (Å²) >= 11 is 0. The predicted octanol–water partition coefficient (Wildman–Crippen LogP) is 2.90. The zero-order valence-electron chi connectivity index (χ0n) is 17.3. The molecule has 0 aliphatic heterocycles. The maximum absolute atomic E-state index is 12.2. The largest absolute Gasteiger partial charge is 0.480 e. The normalized spacial score (nSPS) is 11.5. The second kappa shape index (κ2) is 11.7. The molecule has 0 heterocycles. The van der Waals surface area contributed by atoms with E-state index in [1.165, 1.54) is 7.05 Å². The van der Waals surface area contributed by atoms with Crippen LogP contribution in [0, 0.1) is 11.3 Å². The lowest BCUT2D eigenvalue weighted by Crippen LogP contribution is -2.53. The number of rotatable bonds is 8. The first-order valence-corrected chi connectivity index (χ1v) is 9.44. The van der Waals surface area contributed by atoms with E-state index in [4.69, 9.17) is 15.0 Å². The van der Waals surface area contributed by atoms with E-state index >= 15 is 0 Å². The summed E-state index contributed by atoms with van der Waals surface area (Å²) in [4.78, 5) is 42.0. The van der Waals surface area contributed by atoms with Crippen LogP contribution in [0.25, 0.3) is 0 Å². The molecule has 0 aliphatic carbocycles. The zero-order valence-corrected chi connectivity index (χ0v) is 17.3. The minimum atomic E-state index is -1.16. The van der Waals surface area contributed by atoms with E-state index in [0.29, 0.717) is 17.9 Å². The molecule has 0 saturated heterocycles. The molecule has 1 amide bonds. The Balaban J connectivity index is 2.80. The Kier molecular flexibility index (Phi) is 9.64. The van der Waals surface area contributed by atoms with Crippen LogP contribution in [-0.4, -0.2) is 58.8 Å². The van der Waals surface area contributed by atoms with Crippen molar-refractivity contribution in [2.75, 3.05) is 13.7 Å². The molecule has 2 N–H and O–H groups in total. The molecule has 1 atom stereocenters. The number of hydroxylamine groups is 2. The van der Waals surface area contributed by atoms with Gasteiger partial charge in [0.2, 0.25) is 5.96 Å². The monoisotopic (exact) mass is 407 g/mol. The third-order valence-corrected chi connectivity index (χ3v) is 4.14. The number of carbonyl (C=O) groups excluding carboxylic acids is 2. The van der Waals surface area contributed by atoms with Gasteiger partial charge in [0.05, 0.1) is 6.61 Å². The van der Waals surface area contributed by atoms with Gasteiger partial charge in [0.15, 0.2) is 0 Å². The summed E-state index contributed by atoms with van der Waals surface area (Å²) in [6.07, 6.45) is 0.107. The number of hydrogen-bond acceptors (Lipinski definition) is 6. The van der Waals surface area contributed by atoms with Crippen molar-refractivity contribution in [3.8, 4) is 0 Å². The Morgan fingerprint density at radius 1 is 1.17 bits per heavy atom. The van der Waals surface area contributed by atoms with Gasteiger partial charge >= 0.3 is 18.0 Å². The third kappa shape index (κ3) is 7.44. The van der Waals surface area contributed by atoms with Crippen molar-refractivity contribution in [1.82, 2.24) is 9.96 Å². The van der Waals surface area contributed by atoms with Gasteiger partial charge in [-0.15, -0.1) is 0 Å². The standard InChI is InChI=1S/C20H29N3O6/c1-5-28-20(27)23(19(21)22(4)17(14(2)3)18(25)26)29-16(24)13-9-12-15-10-7-6-8-11-15/h6-8,10-11,14,17,21H,5,9,12-13H2,1-4H3,(H,25,26). The molecule has 0 bridgehead atoms. The third-order valence-electron chi connectivity index (χ3n) is 4.14. The average Bonchev–Trinajstić information content (AvgIpc) is 2.66. The zero-order chi connectivity index (χ0) is 22.0. The maximum atomic E-state index is 12.2. The van der Waals surface area contributed by atoms with Crippen molar-refractivity contribution < 1.29 is 29.1 Å². The van der Waals surface area contributed by atoms with Gasteiger partial charge in [0.25, 0.3) is 0 Å². The summed E-state index contributed by atoms with van der Waals surface area (Å²) in [6.45, 7) is 4.92. The van der Waals surface area contributed by atoms with Gasteiger partial charge in [0.1, 0.15) is 6.04 Å². The SMILES string of the molecule is CCOC(=O)N(OC(=O)CCCc1ccccc1)C(=N)N(C)C(C(=O)O)C(C)C. The molecular weight excluding hydrogens is 378 g/mol. The number of nitrogens with zero attached hydrogens (tertiary/aromatic N) is 2. The molecule has 0 saturated carbocycles. The van der Waals surface area contributed by atoms with Gasteiger partial charge in [-0.1, -0.05) is 49.2 Å². The van der Waals surface area contributed by atoms with Gasteiger partial charge in [-0.25, -0.2) is 14.4 Å². The predicted molar refractivity (Wildman–Crippen MR) is 106 cm³/mol. The van der Waals surface area contributed by atoms with Gasteiger partial charge < -0.3 is 19.6 Å². The maximum Gasteiger partial charge on any atom is 0.451 e. The average molecular weight is 407 g/mol. The van der Waals surface area contributed by atoms with E-state index in [2.05, 4.69) is 0 Å². The summed E-state index contributed by atoms with van der Waals surface area (Å²) in [5.41, 5.74) is 1.07. The van der Waals surface area contributed by atoms with Crippen LogP contribution in [0.4, 0.5) is 4.79 Å². The van der Waals surface area contributed by atoms with Crippen molar-refractivity contribution in [2.24, 2.45) is 5.92 Å². The van der Waals surface area contributed by atoms with Crippen LogP contribution in [0.1, 0.15) is 39.2 Å². The van der Waals surface area contributed by atoms with Crippen LogP contribution in [0.3, 0.4) is 0 Å². The van der Waals surface area contributed by atoms with Crippen molar-refractivity contribution in [3.05, 3.63) is 35.9 Å². The summed E-state index contributed by atoms with van der Waals surface area (Å²) in [5.74, 6) is -2.83. The molecule has 0 aliphatic rings. The smallest absolute Gasteiger partial charge is 0.451 e. The van der Waals surface area contributed by atoms with E-state index in [0.717, 1.165) is 10.5 Å². The molecule has 29 heavy (non-hydrogen) atoms. The minimum absolute atomic E-state index is 0.00439. The molecular formula is C20H29N3O6. The summed E-state index contributed by atoms with van der Waals surface area (Å²) in [7, 11) is 1.34. The van der Waals surface area contributed by atoms with Crippen molar-refractivity contribution in [2.45, 2.75) is 46.1 Å². The van der Waals surface area contributed by atoms with E-state index in [1.807, 2.05) is 30.3 Å². The number of carbonyl (C=O) groups is 3. The van der Waals surface area contributed by atoms with E-state index in [-0.39, 0.29) is 18.9 Å². The highest BCUT2D eigenvalue weighted by atomic mass is 16.8. The Morgan fingerprint density at radius 3 is 2.31 bits per heavy atom. The molecule has 1 unspecified atom stereocenters. The highest BCUT2D eigenvalue weighted by Crippen LogP contribution is 2.14. The molecule has 1 rings (SSSR count). The lowest BCUT2D eigenvalue weighted by Gasteiger charge is -2.32. The van der Waals surface area contributed by atoms with Crippen LogP contribution in [-0.2, 0) is 25.6 Å². The Hall–Kier alpha value is -3.10. The van der Waals surface area contributed by atoms with Crippen LogP contribution in [0.2, 0.25) is 0 Å². The molecule has 0 radical (unpaired) electrons. The molecule has 0 fully saturated rings. The number of nitrogens with one attached hydrogen (secondary N) is 1. The lowest BCUT2D eigenvalue weighted by atomic mass is 10.0. The number of hydrogen-bond donors (Lipinski definition) is 2. The first-order valence-electron chi connectivity index (χ1n) is 9.44. The highest BCUT2D eigenvalue weighted by Gasteiger charge is 2.34. The number of benzene rings is 1. The van der Waals surface area contributed by atoms with Crippen molar-refractivity contribution in [1.29, 1.82) is 5.41 Å². The topological polar surface area (TPSA) is 120 Å². The Morgan fingerprint density at radius 2 is 1.79 bits per heavy atom. The van der Waals surface area contributed by atoms with Crippen molar-refractivity contribution >= 4 is 24.0 Å². The number of aryl methyl sites for hydroxylation is 1. The first-order chi connectivity index (χ1) is 13.7. The Labute approximate surface area is 170 Å². The summed E-state index contributed by atoms with van der Waals surface area (Å²) < 4.78 is 4.85. The molecule has 160 valence electrons. The molecule has 9 heteroatoms. The number of amides is 1. The number of carboxylic acid groups (broad SMARTS) is 1. The van der Waals surface area contributed by atoms with E-state index < -0.39 is 30.0 Å². The molecule has 9 nitrogen and oxygen atoms in total. The van der Waals surface area contributed by atoms with Gasteiger partial charge in [-0.05, 0) is 31.2 Å². The van der Waals surface area contributed by atoms with Gasteiger partial charge in [-0.3, -0.25) is 5.41 Å². The van der Waals surface area contributed by atoms with E-state index in [1.54, 1.807) is 20.8 Å². The van der Waals surface area contributed by atoms with Crippen LogP contribution in [0.15, 0.2) is 30.3 Å². The minimum Gasteiger partial charge on any atom is -0.480 e. The molecule has 1 aromatic rings. The summed E-state index contributed by atoms with van der Waals surface area (Å²) in [6, 6.07) is 8.51. The molecule has 0 spiro atoms. The van der Waals surface area contributed by atoms with Gasteiger partial charge in [0, 0.05) is 13.5 Å². The second-order valence-corrected chi connectivity index (χ2v) is 6.76. The van der Waals surface area contributed by atoms with Crippen LogP contribution in [0.5, 0.6) is 0 Å². The highest BCUT2D eigenvalue weighted by molar-refractivity contribution is 5.94. The quantitative estimate of drug-likeness (QED) is 0.386. The number of guanidine groups is 1. The first kappa shape index (κ1) is 23.9. The molecule has 0 aromatic heterocycles. The number of likely N-dealkylation sites (N-methyl/N-ethyl adjacent to an activating group) is 1. The molecule has 1 aromatic carbocycles. The van der Waals surface area contributed by atoms with Gasteiger partial charge in [-0.2, -0.15) is 0 Å². The van der Waals surface area contributed by atoms with Crippen molar-refractivity contribution in [3.63, 3.8) is 0 Å². The number of ether oxygens (including phenoxy) is 1. The van der Waals surface area contributed by atoms with Crippen LogP contribution >= 0.6 is 0 Å².